The second kappa shape index (κ2) is 6.79. The van der Waals surface area contributed by atoms with Crippen molar-refractivity contribution in [2.45, 2.75) is 18.9 Å². The van der Waals surface area contributed by atoms with Gasteiger partial charge in [-0.1, -0.05) is 36.4 Å². The van der Waals surface area contributed by atoms with Gasteiger partial charge in [0.05, 0.1) is 0 Å². The molecule has 3 rings (SSSR count). The largest absolute Gasteiger partial charge is 0.479 e. The molecule has 1 unspecified atom stereocenters. The molecule has 2 N–H and O–H groups in total. The molecule has 1 fully saturated rings. The Bertz CT molecular complexity index is 722. The molecule has 23 heavy (non-hydrogen) atoms. The van der Waals surface area contributed by atoms with Crippen LogP contribution < -0.4 is 5.32 Å². The topological polar surface area (TPSA) is 75.6 Å². The molecule has 0 aliphatic carbocycles. The van der Waals surface area contributed by atoms with E-state index in [0.29, 0.717) is 31.6 Å². The van der Waals surface area contributed by atoms with Crippen molar-refractivity contribution in [3.05, 3.63) is 48.0 Å². The van der Waals surface area contributed by atoms with Gasteiger partial charge in [0, 0.05) is 19.1 Å². The zero-order chi connectivity index (χ0) is 16.2. The van der Waals surface area contributed by atoms with E-state index in [1.165, 1.54) is 0 Å². The Kier molecular flexibility index (Phi) is 4.57. The first kappa shape index (κ1) is 15.5. The SMILES string of the molecule is O=C(NC(C(=O)O)c1ccc2ccccc2c1)C1CCOCC1. The molecule has 2 aromatic carbocycles. The lowest BCUT2D eigenvalue weighted by Crippen LogP contribution is -2.39. The van der Waals surface area contributed by atoms with Gasteiger partial charge in [0.1, 0.15) is 0 Å². The molecular weight excluding hydrogens is 294 g/mol. The van der Waals surface area contributed by atoms with E-state index in [1.807, 2.05) is 36.4 Å². The van der Waals surface area contributed by atoms with Crippen LogP contribution in [-0.2, 0) is 14.3 Å². The molecule has 0 radical (unpaired) electrons. The fourth-order valence-electron chi connectivity index (χ4n) is 2.89. The van der Waals surface area contributed by atoms with Crippen LogP contribution in [0.2, 0.25) is 0 Å². The average Bonchev–Trinajstić information content (AvgIpc) is 2.59. The monoisotopic (exact) mass is 313 g/mol. The summed E-state index contributed by atoms with van der Waals surface area (Å²) in [6.45, 7) is 1.09. The Morgan fingerprint density at radius 3 is 2.48 bits per heavy atom. The summed E-state index contributed by atoms with van der Waals surface area (Å²) in [5.74, 6) is -1.44. The lowest BCUT2D eigenvalue weighted by molar-refractivity contribution is -0.143. The molecule has 5 heteroatoms. The maximum Gasteiger partial charge on any atom is 0.330 e. The summed E-state index contributed by atoms with van der Waals surface area (Å²) >= 11 is 0. The molecule has 1 heterocycles. The van der Waals surface area contributed by atoms with Gasteiger partial charge < -0.3 is 15.2 Å². The van der Waals surface area contributed by atoms with E-state index >= 15 is 0 Å². The van der Waals surface area contributed by atoms with E-state index in [1.54, 1.807) is 6.07 Å². The van der Waals surface area contributed by atoms with Crippen LogP contribution in [0.4, 0.5) is 0 Å². The van der Waals surface area contributed by atoms with Crippen molar-refractivity contribution in [1.29, 1.82) is 0 Å². The van der Waals surface area contributed by atoms with Gasteiger partial charge in [0.2, 0.25) is 5.91 Å². The lowest BCUT2D eigenvalue weighted by Gasteiger charge is -2.23. The Morgan fingerprint density at radius 1 is 1.09 bits per heavy atom. The summed E-state index contributed by atoms with van der Waals surface area (Å²) in [7, 11) is 0. The first-order valence-electron chi connectivity index (χ1n) is 7.75. The number of aliphatic carboxylic acids is 1. The first-order valence-corrected chi connectivity index (χ1v) is 7.75. The molecule has 5 nitrogen and oxygen atoms in total. The minimum absolute atomic E-state index is 0.175. The fourth-order valence-corrected chi connectivity index (χ4v) is 2.89. The number of hydrogen-bond acceptors (Lipinski definition) is 3. The quantitative estimate of drug-likeness (QED) is 0.909. The second-order valence-electron chi connectivity index (χ2n) is 5.77. The van der Waals surface area contributed by atoms with E-state index in [-0.39, 0.29) is 11.8 Å². The Labute approximate surface area is 134 Å². The molecule has 0 aromatic heterocycles. The molecule has 0 saturated carbocycles. The highest BCUT2D eigenvalue weighted by molar-refractivity contribution is 5.88. The van der Waals surface area contributed by atoms with Crippen LogP contribution in [0.3, 0.4) is 0 Å². The smallest absolute Gasteiger partial charge is 0.330 e. The highest BCUT2D eigenvalue weighted by Gasteiger charge is 2.27. The number of ether oxygens (including phenoxy) is 1. The molecule has 1 atom stereocenters. The van der Waals surface area contributed by atoms with Crippen molar-refractivity contribution in [1.82, 2.24) is 5.32 Å². The van der Waals surface area contributed by atoms with Crippen molar-refractivity contribution < 1.29 is 19.4 Å². The molecular formula is C18H19NO4. The van der Waals surface area contributed by atoms with Gasteiger partial charge in [-0.25, -0.2) is 4.79 Å². The first-order chi connectivity index (χ1) is 11.1. The van der Waals surface area contributed by atoms with Crippen LogP contribution in [-0.4, -0.2) is 30.2 Å². The summed E-state index contributed by atoms with van der Waals surface area (Å²) in [5, 5.41) is 14.2. The summed E-state index contributed by atoms with van der Waals surface area (Å²) in [6, 6.07) is 12.2. The van der Waals surface area contributed by atoms with Gasteiger partial charge in [-0.3, -0.25) is 4.79 Å². The number of carbonyl (C=O) groups excluding carboxylic acids is 1. The predicted octanol–water partition coefficient (Wildman–Crippen LogP) is 2.51. The molecule has 2 aromatic rings. The van der Waals surface area contributed by atoms with Crippen LogP contribution in [0.15, 0.2) is 42.5 Å². The van der Waals surface area contributed by atoms with Crippen molar-refractivity contribution in [2.75, 3.05) is 13.2 Å². The van der Waals surface area contributed by atoms with Crippen LogP contribution >= 0.6 is 0 Å². The Balaban J connectivity index is 1.82. The van der Waals surface area contributed by atoms with E-state index in [4.69, 9.17) is 4.74 Å². The van der Waals surface area contributed by atoms with Crippen LogP contribution in [0.25, 0.3) is 10.8 Å². The number of hydrogen-bond donors (Lipinski definition) is 2. The van der Waals surface area contributed by atoms with E-state index in [0.717, 1.165) is 10.8 Å². The number of rotatable bonds is 4. The zero-order valence-corrected chi connectivity index (χ0v) is 12.7. The fraction of sp³-hybridized carbons (Fsp3) is 0.333. The third kappa shape index (κ3) is 3.51. The van der Waals surface area contributed by atoms with Crippen LogP contribution in [0, 0.1) is 5.92 Å². The van der Waals surface area contributed by atoms with Gasteiger partial charge in [-0.15, -0.1) is 0 Å². The van der Waals surface area contributed by atoms with Crippen molar-refractivity contribution in [3.8, 4) is 0 Å². The van der Waals surface area contributed by atoms with Gasteiger partial charge in [0.25, 0.3) is 0 Å². The Hall–Kier alpha value is -2.40. The minimum Gasteiger partial charge on any atom is -0.479 e. The highest BCUT2D eigenvalue weighted by Crippen LogP contribution is 2.22. The van der Waals surface area contributed by atoms with Crippen LogP contribution in [0.1, 0.15) is 24.4 Å². The summed E-state index contributed by atoms with van der Waals surface area (Å²) in [4.78, 5) is 23.9. The average molecular weight is 313 g/mol. The van der Waals surface area contributed by atoms with Gasteiger partial charge >= 0.3 is 5.97 Å². The summed E-state index contributed by atoms with van der Waals surface area (Å²) < 4.78 is 5.24. The minimum atomic E-state index is -1.05. The number of fused-ring (bicyclic) bond motifs is 1. The number of carbonyl (C=O) groups is 2. The lowest BCUT2D eigenvalue weighted by atomic mass is 9.97. The normalized spacial score (nSPS) is 16.9. The standard InChI is InChI=1S/C18H19NO4/c20-17(13-7-9-23-10-8-13)19-16(18(21)22)15-6-5-12-3-1-2-4-14(12)11-15/h1-6,11,13,16H,7-10H2,(H,19,20)(H,21,22). The molecule has 0 bridgehead atoms. The maximum absolute atomic E-state index is 12.3. The molecule has 1 amide bonds. The van der Waals surface area contributed by atoms with E-state index < -0.39 is 12.0 Å². The van der Waals surface area contributed by atoms with Crippen molar-refractivity contribution >= 4 is 22.6 Å². The predicted molar refractivity (Wildman–Crippen MR) is 86.0 cm³/mol. The van der Waals surface area contributed by atoms with E-state index in [9.17, 15) is 14.7 Å². The third-order valence-corrected chi connectivity index (χ3v) is 4.23. The second-order valence-corrected chi connectivity index (χ2v) is 5.77. The number of benzene rings is 2. The zero-order valence-electron chi connectivity index (χ0n) is 12.7. The molecule has 1 aliphatic rings. The highest BCUT2D eigenvalue weighted by atomic mass is 16.5. The summed E-state index contributed by atoms with van der Waals surface area (Å²) in [6.07, 6.45) is 1.27. The van der Waals surface area contributed by atoms with Gasteiger partial charge in [-0.2, -0.15) is 0 Å². The van der Waals surface area contributed by atoms with E-state index in [2.05, 4.69) is 5.32 Å². The molecule has 0 spiro atoms. The number of carboxylic acids is 1. The number of nitrogens with one attached hydrogen (secondary N) is 1. The number of carboxylic acid groups (broad SMARTS) is 1. The van der Waals surface area contributed by atoms with Crippen LogP contribution in [0.5, 0.6) is 0 Å². The number of amides is 1. The molecule has 1 aliphatic heterocycles. The van der Waals surface area contributed by atoms with Gasteiger partial charge in [0.15, 0.2) is 6.04 Å². The maximum atomic E-state index is 12.3. The van der Waals surface area contributed by atoms with Crippen molar-refractivity contribution in [3.63, 3.8) is 0 Å². The third-order valence-electron chi connectivity index (χ3n) is 4.23. The summed E-state index contributed by atoms with van der Waals surface area (Å²) in [5.41, 5.74) is 0.580. The van der Waals surface area contributed by atoms with Crippen molar-refractivity contribution in [2.24, 2.45) is 5.92 Å². The van der Waals surface area contributed by atoms with Gasteiger partial charge in [-0.05, 0) is 35.2 Å². The Morgan fingerprint density at radius 2 is 1.78 bits per heavy atom. The molecule has 120 valence electrons. The molecule has 1 saturated heterocycles.